The molecule has 0 aliphatic carbocycles. The molecule has 0 aromatic heterocycles. The Labute approximate surface area is 183 Å². The fourth-order valence-corrected chi connectivity index (χ4v) is 1.03. The molecule has 0 fully saturated rings. The number of guanidine groups is 1. The normalized spacial score (nSPS) is 11.2. The molecule has 13 heteroatoms. The van der Waals surface area contributed by atoms with E-state index in [-0.39, 0.29) is 77.9 Å². The zero-order valence-electron chi connectivity index (χ0n) is 13.9. The van der Waals surface area contributed by atoms with E-state index in [9.17, 15) is 24.6 Å². The van der Waals surface area contributed by atoms with E-state index in [0.29, 0.717) is 19.4 Å². The van der Waals surface area contributed by atoms with Gasteiger partial charge in [0.25, 0.3) is 0 Å². The largest absolute Gasteiger partial charge is 1.00 e. The molecular formula is C11H21N5Na2O6. The molecule has 0 aromatic carbocycles. The van der Waals surface area contributed by atoms with Gasteiger partial charge in [0.2, 0.25) is 0 Å². The quantitative estimate of drug-likeness (QED) is 0.112. The van der Waals surface area contributed by atoms with Crippen molar-refractivity contribution in [2.45, 2.75) is 37.8 Å². The first-order valence-electron chi connectivity index (χ1n) is 6.28. The van der Waals surface area contributed by atoms with E-state index in [2.05, 4.69) is 4.99 Å². The Balaban J connectivity index is -0.000000156. The average molecular weight is 365 g/mol. The summed E-state index contributed by atoms with van der Waals surface area (Å²) in [4.78, 5) is 33.5. The predicted molar refractivity (Wildman–Crippen MR) is 72.7 cm³/mol. The van der Waals surface area contributed by atoms with Gasteiger partial charge >= 0.3 is 65.1 Å². The molecule has 0 aliphatic heterocycles. The smallest absolute Gasteiger partial charge is 0.550 e. The van der Waals surface area contributed by atoms with Gasteiger partial charge in [-0.25, -0.2) is 0 Å². The van der Waals surface area contributed by atoms with Crippen LogP contribution in [-0.2, 0) is 14.4 Å². The van der Waals surface area contributed by atoms with Crippen LogP contribution in [0, 0.1) is 0 Å². The molecule has 0 saturated carbocycles. The maximum absolute atomic E-state index is 10.2. The topological polar surface area (TPSA) is 234 Å². The number of carboxylic acids is 3. The van der Waals surface area contributed by atoms with Gasteiger partial charge in [0, 0.05) is 18.6 Å². The number of hydrogen-bond donors (Lipinski definition) is 5. The summed E-state index contributed by atoms with van der Waals surface area (Å²) >= 11 is 0. The van der Waals surface area contributed by atoms with Crippen molar-refractivity contribution in [1.29, 1.82) is 0 Å². The van der Waals surface area contributed by atoms with Crippen molar-refractivity contribution in [3.63, 3.8) is 0 Å². The second-order valence-corrected chi connectivity index (χ2v) is 4.23. The van der Waals surface area contributed by atoms with E-state index in [4.69, 9.17) is 28.0 Å². The Kier molecular flexibility index (Phi) is 24.8. The molecule has 0 radical (unpaired) electrons. The van der Waals surface area contributed by atoms with Crippen molar-refractivity contribution in [3.05, 3.63) is 0 Å². The Morgan fingerprint density at radius 2 is 1.50 bits per heavy atom. The second-order valence-electron chi connectivity index (χ2n) is 4.23. The Morgan fingerprint density at radius 1 is 1.00 bits per heavy atom. The third kappa shape index (κ3) is 23.9. The number of aliphatic carboxylic acids is 3. The van der Waals surface area contributed by atoms with Crippen LogP contribution in [0.2, 0.25) is 0 Å². The molecule has 11 nitrogen and oxygen atoms in total. The van der Waals surface area contributed by atoms with Gasteiger partial charge < -0.3 is 47.8 Å². The van der Waals surface area contributed by atoms with E-state index in [1.165, 1.54) is 0 Å². The number of carbonyl (C=O) groups excluding carboxylic acids is 2. The second kappa shape index (κ2) is 18.9. The van der Waals surface area contributed by atoms with Crippen molar-refractivity contribution in [2.75, 3.05) is 6.54 Å². The number of nitrogens with zero attached hydrogens (tertiary/aromatic N) is 1. The van der Waals surface area contributed by atoms with E-state index in [0.717, 1.165) is 0 Å². The summed E-state index contributed by atoms with van der Waals surface area (Å²) < 4.78 is 0. The van der Waals surface area contributed by atoms with E-state index in [1.54, 1.807) is 0 Å². The number of carbonyl (C=O) groups is 3. The molecule has 0 aromatic rings. The van der Waals surface area contributed by atoms with Crippen LogP contribution >= 0.6 is 0 Å². The van der Waals surface area contributed by atoms with Gasteiger partial charge in [0.05, 0.1) is 5.97 Å². The van der Waals surface area contributed by atoms with Crippen LogP contribution in [-0.4, -0.2) is 47.6 Å². The van der Waals surface area contributed by atoms with Crippen molar-refractivity contribution in [1.82, 2.24) is 0 Å². The Hall–Kier alpha value is -0.400. The molecule has 0 saturated heterocycles. The summed E-state index contributed by atoms with van der Waals surface area (Å²) in [6.45, 7) is 0.420. The number of nitrogens with two attached hydrogens (primary N) is 4. The predicted octanol–water partition coefficient (Wildman–Crippen LogP) is -10.9. The molecule has 24 heavy (non-hydrogen) atoms. The molecule has 0 bridgehead atoms. The fraction of sp³-hybridized carbons (Fsp3) is 0.636. The molecular weight excluding hydrogens is 344 g/mol. The number of hydrogen-bond acceptors (Lipinski definition) is 8. The SMILES string of the molecule is NC(CCC(=O)[O-])C(=O)[O-].NC(N)=NCCCC(N)C(=O)O.[Na+].[Na+]. The van der Waals surface area contributed by atoms with Crippen molar-refractivity contribution in [3.8, 4) is 0 Å². The zero-order chi connectivity index (χ0) is 17.7. The maximum atomic E-state index is 10.2. The third-order valence-corrected chi connectivity index (χ3v) is 2.25. The number of rotatable bonds is 9. The number of carboxylic acid groups (broad SMARTS) is 3. The van der Waals surface area contributed by atoms with E-state index < -0.39 is 30.0 Å². The van der Waals surface area contributed by atoms with Gasteiger partial charge in [-0.05, 0) is 25.7 Å². The van der Waals surface area contributed by atoms with E-state index in [1.807, 2.05) is 0 Å². The molecule has 128 valence electrons. The summed E-state index contributed by atoms with van der Waals surface area (Å²) in [5.41, 5.74) is 20.2. The average Bonchev–Trinajstić information content (AvgIpc) is 2.40. The molecule has 0 amide bonds. The summed E-state index contributed by atoms with van der Waals surface area (Å²) in [6, 6.07) is -2.03. The van der Waals surface area contributed by atoms with Gasteiger partial charge in [-0.2, -0.15) is 0 Å². The van der Waals surface area contributed by atoms with Gasteiger partial charge in [-0.3, -0.25) is 9.79 Å². The fourth-order valence-electron chi connectivity index (χ4n) is 1.03. The van der Waals surface area contributed by atoms with Crippen LogP contribution in [0.15, 0.2) is 4.99 Å². The van der Waals surface area contributed by atoms with Crippen LogP contribution in [0.4, 0.5) is 0 Å². The van der Waals surface area contributed by atoms with Gasteiger partial charge in [0.1, 0.15) is 6.04 Å². The van der Waals surface area contributed by atoms with Crippen molar-refractivity contribution in [2.24, 2.45) is 27.9 Å². The van der Waals surface area contributed by atoms with Crippen molar-refractivity contribution < 1.29 is 88.8 Å². The first-order chi connectivity index (χ1) is 10.1. The van der Waals surface area contributed by atoms with Crippen molar-refractivity contribution >= 4 is 23.9 Å². The van der Waals surface area contributed by atoms with Gasteiger partial charge in [-0.15, -0.1) is 0 Å². The van der Waals surface area contributed by atoms with Crippen LogP contribution < -0.4 is 92.3 Å². The minimum Gasteiger partial charge on any atom is -0.550 e. The summed E-state index contributed by atoms with van der Waals surface area (Å²) in [6.07, 6.45) is 0.456. The molecule has 0 spiro atoms. The minimum absolute atomic E-state index is 0. The number of aliphatic imine (C=N–C) groups is 1. The molecule has 2 atom stereocenters. The molecule has 0 heterocycles. The summed E-state index contributed by atoms with van der Waals surface area (Å²) in [5, 5.41) is 28.0. The first kappa shape index (κ1) is 31.4. The standard InChI is InChI=1S/C6H14N4O2.C5H9NO4.2Na/c7-4(5(11)12)2-1-3-10-6(8)9;6-3(5(9)10)1-2-4(7)8;;/h4H,1-3,7H2,(H,11,12)(H4,8,9,10);3H,1-2,6H2,(H,7,8)(H,9,10);;/q;;2*+1/p-2. The minimum atomic E-state index is -1.44. The Morgan fingerprint density at radius 3 is 1.83 bits per heavy atom. The van der Waals surface area contributed by atoms with Gasteiger partial charge in [0.15, 0.2) is 5.96 Å². The van der Waals surface area contributed by atoms with Crippen LogP contribution in [0.3, 0.4) is 0 Å². The summed E-state index contributed by atoms with van der Waals surface area (Å²) in [5.74, 6) is -3.74. The molecule has 0 rings (SSSR count). The van der Waals surface area contributed by atoms with E-state index >= 15 is 0 Å². The van der Waals surface area contributed by atoms with Crippen LogP contribution in [0.1, 0.15) is 25.7 Å². The monoisotopic (exact) mass is 365 g/mol. The molecule has 2 unspecified atom stereocenters. The van der Waals surface area contributed by atoms with Gasteiger partial charge in [-0.1, -0.05) is 0 Å². The van der Waals surface area contributed by atoms with Crippen LogP contribution in [0.25, 0.3) is 0 Å². The first-order valence-corrected chi connectivity index (χ1v) is 6.28. The Bertz CT molecular complexity index is 406. The third-order valence-electron chi connectivity index (χ3n) is 2.25. The molecule has 9 N–H and O–H groups in total. The maximum Gasteiger partial charge on any atom is 1.00 e. The summed E-state index contributed by atoms with van der Waals surface area (Å²) in [7, 11) is 0. The van der Waals surface area contributed by atoms with Crippen LogP contribution in [0.5, 0.6) is 0 Å². The zero-order valence-corrected chi connectivity index (χ0v) is 17.9. The molecule has 0 aliphatic rings.